The molecule has 0 N–H and O–H groups in total. The fourth-order valence-electron chi connectivity index (χ4n) is 3.97. The predicted octanol–water partition coefficient (Wildman–Crippen LogP) is 5.83. The molecule has 1 aliphatic heterocycles. The molecule has 0 spiro atoms. The van der Waals surface area contributed by atoms with Gasteiger partial charge in [0.1, 0.15) is 11.5 Å². The molecule has 4 aromatic rings. The van der Waals surface area contributed by atoms with Crippen LogP contribution in [0.5, 0.6) is 11.5 Å². The molecule has 1 aliphatic rings. The number of hydrogen-bond donors (Lipinski definition) is 0. The van der Waals surface area contributed by atoms with E-state index in [0.717, 1.165) is 0 Å². The molecule has 1 saturated heterocycles. The van der Waals surface area contributed by atoms with Gasteiger partial charge < -0.3 is 9.47 Å². The molecular weight excluding hydrogens is 532 g/mol. The van der Waals surface area contributed by atoms with Crippen LogP contribution in [-0.2, 0) is 10.0 Å². The van der Waals surface area contributed by atoms with Gasteiger partial charge >= 0.3 is 0 Å². The molecule has 1 heterocycles. The van der Waals surface area contributed by atoms with Gasteiger partial charge in [0.2, 0.25) is 5.96 Å². The second-order valence-corrected chi connectivity index (χ2v) is 10.3. The highest BCUT2D eigenvalue weighted by molar-refractivity contribution is 7.90. The first-order valence-corrected chi connectivity index (χ1v) is 13.7. The summed E-state index contributed by atoms with van der Waals surface area (Å²) in [5, 5.41) is 0. The van der Waals surface area contributed by atoms with Crippen LogP contribution in [0.2, 0.25) is 0 Å². The van der Waals surface area contributed by atoms with E-state index < -0.39 is 10.0 Å². The molecule has 0 atom stereocenters. The normalized spacial score (nSPS) is 15.7. The molecule has 0 aromatic heterocycles. The van der Waals surface area contributed by atoms with Crippen molar-refractivity contribution >= 4 is 56.1 Å². The van der Waals surface area contributed by atoms with Gasteiger partial charge in [0.25, 0.3) is 10.0 Å². The molecule has 39 heavy (non-hydrogen) atoms. The van der Waals surface area contributed by atoms with Gasteiger partial charge in [0.05, 0.1) is 36.2 Å². The molecule has 0 bridgehead atoms. The van der Waals surface area contributed by atoms with E-state index in [4.69, 9.17) is 26.7 Å². The van der Waals surface area contributed by atoms with Crippen LogP contribution in [-0.4, -0.2) is 39.4 Å². The van der Waals surface area contributed by atoms with Crippen LogP contribution in [0.25, 0.3) is 0 Å². The highest BCUT2D eigenvalue weighted by Crippen LogP contribution is 2.32. The molecule has 1 fully saturated rings. The van der Waals surface area contributed by atoms with E-state index in [2.05, 4.69) is 4.40 Å². The van der Waals surface area contributed by atoms with E-state index in [1.54, 1.807) is 90.7 Å². The van der Waals surface area contributed by atoms with Crippen molar-refractivity contribution in [2.45, 2.75) is 4.90 Å². The summed E-state index contributed by atoms with van der Waals surface area (Å²) < 4.78 is 42.0. The number of guanidine groups is 1. The lowest BCUT2D eigenvalue weighted by atomic mass is 10.3. The standard InChI is InChI=1S/C29H24N4O4S2/c1-36-24-17-13-21(14-18-24)30-27-28(38)33(23-15-19-25(37-2)20-16-23)29(32(27)22-9-5-3-6-10-22)31-39(34,35)26-11-7-4-8-12-26/h3-20H,1-2H3/b30-27?,31-29-. The molecule has 196 valence electrons. The van der Waals surface area contributed by atoms with E-state index in [1.165, 1.54) is 12.1 Å². The number of thiocarbonyl (C=S) groups is 1. The Morgan fingerprint density at radius 2 is 1.18 bits per heavy atom. The fourth-order valence-corrected chi connectivity index (χ4v) is 5.28. The van der Waals surface area contributed by atoms with Crippen molar-refractivity contribution in [3.8, 4) is 11.5 Å². The minimum absolute atomic E-state index is 0.0617. The van der Waals surface area contributed by atoms with Gasteiger partial charge in [0.15, 0.2) is 10.8 Å². The van der Waals surface area contributed by atoms with Gasteiger partial charge in [-0.05, 0) is 72.8 Å². The van der Waals surface area contributed by atoms with Crippen LogP contribution in [0.3, 0.4) is 0 Å². The zero-order chi connectivity index (χ0) is 27.4. The minimum Gasteiger partial charge on any atom is -0.497 e. The van der Waals surface area contributed by atoms with E-state index in [9.17, 15) is 8.42 Å². The summed E-state index contributed by atoms with van der Waals surface area (Å²) in [7, 11) is -0.953. The summed E-state index contributed by atoms with van der Waals surface area (Å²) >= 11 is 5.93. The van der Waals surface area contributed by atoms with Crippen LogP contribution in [0, 0.1) is 0 Å². The Hall–Kier alpha value is -4.54. The quantitative estimate of drug-likeness (QED) is 0.265. The number of amidine groups is 1. The molecule has 5 rings (SSSR count). The first-order chi connectivity index (χ1) is 18.9. The third-order valence-electron chi connectivity index (χ3n) is 5.90. The lowest BCUT2D eigenvalue weighted by Gasteiger charge is -2.22. The second kappa shape index (κ2) is 11.1. The Morgan fingerprint density at radius 1 is 0.667 bits per heavy atom. The molecule has 8 nitrogen and oxygen atoms in total. The van der Waals surface area contributed by atoms with Crippen molar-refractivity contribution < 1.29 is 17.9 Å². The average molecular weight is 557 g/mol. The summed E-state index contributed by atoms with van der Waals surface area (Å²) in [5.41, 5.74) is 1.85. The summed E-state index contributed by atoms with van der Waals surface area (Å²) in [6, 6.07) is 31.6. The largest absolute Gasteiger partial charge is 0.497 e. The van der Waals surface area contributed by atoms with Gasteiger partial charge in [-0.2, -0.15) is 8.42 Å². The number of methoxy groups -OCH3 is 2. The van der Waals surface area contributed by atoms with Crippen molar-refractivity contribution in [2.24, 2.45) is 9.39 Å². The molecule has 0 amide bonds. The Kier molecular flexibility index (Phi) is 7.40. The average Bonchev–Trinajstić information content (AvgIpc) is 3.24. The molecule has 4 aromatic carbocycles. The minimum atomic E-state index is -4.12. The third-order valence-corrected chi connectivity index (χ3v) is 7.54. The lowest BCUT2D eigenvalue weighted by molar-refractivity contribution is 0.415. The summed E-state index contributed by atoms with van der Waals surface area (Å²) in [4.78, 5) is 8.43. The van der Waals surface area contributed by atoms with E-state index in [-0.39, 0.29) is 15.8 Å². The van der Waals surface area contributed by atoms with E-state index in [0.29, 0.717) is 34.4 Å². The Labute approximate surface area is 232 Å². The lowest BCUT2D eigenvalue weighted by Crippen LogP contribution is -2.36. The van der Waals surface area contributed by atoms with Crippen molar-refractivity contribution in [3.63, 3.8) is 0 Å². The highest BCUT2D eigenvalue weighted by Gasteiger charge is 2.41. The van der Waals surface area contributed by atoms with Crippen molar-refractivity contribution in [1.29, 1.82) is 0 Å². The first kappa shape index (κ1) is 26.1. The molecular formula is C29H24N4O4S2. The number of sulfonamides is 1. The topological polar surface area (TPSA) is 83.8 Å². The fraction of sp³-hybridized carbons (Fsp3) is 0.0690. The number of hydrogen-bond acceptors (Lipinski definition) is 6. The molecule has 0 aliphatic carbocycles. The maximum atomic E-state index is 13.5. The molecule has 10 heteroatoms. The number of anilines is 2. The molecule has 0 radical (unpaired) electrons. The van der Waals surface area contributed by atoms with Crippen LogP contribution >= 0.6 is 12.2 Å². The zero-order valence-electron chi connectivity index (χ0n) is 21.1. The number of ether oxygens (including phenoxy) is 2. The molecule has 0 unspecified atom stereocenters. The number of benzene rings is 4. The van der Waals surface area contributed by atoms with Crippen LogP contribution in [0.4, 0.5) is 17.1 Å². The first-order valence-electron chi connectivity index (χ1n) is 11.9. The maximum absolute atomic E-state index is 13.5. The Bertz CT molecular complexity index is 1640. The second-order valence-electron chi connectivity index (χ2n) is 8.32. The van der Waals surface area contributed by atoms with Crippen molar-refractivity contribution in [3.05, 3.63) is 109 Å². The van der Waals surface area contributed by atoms with Crippen molar-refractivity contribution in [2.75, 3.05) is 24.0 Å². The SMILES string of the molecule is COc1ccc(N=C2C(=S)N(c3ccc(OC)cc3)/C(=N\S(=O)(=O)c3ccccc3)N2c2ccccc2)cc1. The Balaban J connectivity index is 1.75. The zero-order valence-corrected chi connectivity index (χ0v) is 22.8. The van der Waals surface area contributed by atoms with Gasteiger partial charge in [-0.15, -0.1) is 4.40 Å². The molecule has 0 saturated carbocycles. The maximum Gasteiger partial charge on any atom is 0.285 e. The summed E-state index contributed by atoms with van der Waals surface area (Å²) in [6.45, 7) is 0. The number of rotatable bonds is 7. The monoisotopic (exact) mass is 556 g/mol. The van der Waals surface area contributed by atoms with Crippen molar-refractivity contribution in [1.82, 2.24) is 0 Å². The van der Waals surface area contributed by atoms with Gasteiger partial charge in [-0.1, -0.05) is 48.6 Å². The summed E-state index contributed by atoms with van der Waals surface area (Å²) in [6.07, 6.45) is 0. The van der Waals surface area contributed by atoms with Gasteiger partial charge in [-0.25, -0.2) is 4.99 Å². The van der Waals surface area contributed by atoms with E-state index >= 15 is 0 Å². The van der Waals surface area contributed by atoms with Crippen LogP contribution < -0.4 is 19.3 Å². The smallest absolute Gasteiger partial charge is 0.285 e. The van der Waals surface area contributed by atoms with E-state index in [1.807, 2.05) is 30.3 Å². The van der Waals surface area contributed by atoms with Gasteiger partial charge in [0, 0.05) is 0 Å². The number of aliphatic imine (C=N–C) groups is 1. The number of para-hydroxylation sites is 1. The van der Waals surface area contributed by atoms with Crippen LogP contribution in [0.1, 0.15) is 0 Å². The Morgan fingerprint density at radius 3 is 1.74 bits per heavy atom. The third kappa shape index (κ3) is 5.38. The number of nitrogens with zero attached hydrogens (tertiary/aromatic N) is 4. The predicted molar refractivity (Wildman–Crippen MR) is 158 cm³/mol. The summed E-state index contributed by atoms with van der Waals surface area (Å²) in [5.74, 6) is 1.75. The highest BCUT2D eigenvalue weighted by atomic mass is 32.2. The van der Waals surface area contributed by atoms with Crippen LogP contribution in [0.15, 0.2) is 123 Å². The van der Waals surface area contributed by atoms with Gasteiger partial charge in [-0.3, -0.25) is 9.80 Å².